The van der Waals surface area contributed by atoms with Crippen LogP contribution in [0, 0.1) is 0 Å². The zero-order chi connectivity index (χ0) is 16.4. The van der Waals surface area contributed by atoms with Crippen molar-refractivity contribution in [3.63, 3.8) is 0 Å². The third kappa shape index (κ3) is 3.00. The first-order valence-electron chi connectivity index (χ1n) is 7.25. The van der Waals surface area contributed by atoms with Crippen LogP contribution in [0.1, 0.15) is 17.4 Å². The molecule has 0 saturated carbocycles. The van der Waals surface area contributed by atoms with Crippen molar-refractivity contribution in [1.29, 1.82) is 0 Å². The minimum Gasteiger partial charge on any atom is -0.463 e. The minimum absolute atomic E-state index is 0.131. The molecule has 0 aliphatic rings. The lowest BCUT2D eigenvalue weighted by molar-refractivity contribution is 0.0796. The molecule has 0 N–H and O–H groups in total. The third-order valence-corrected chi connectivity index (χ3v) is 3.85. The number of carbonyl (C=O) groups is 1. The second-order valence-corrected chi connectivity index (χ2v) is 5.54. The van der Waals surface area contributed by atoms with Gasteiger partial charge in [-0.3, -0.25) is 4.79 Å². The summed E-state index contributed by atoms with van der Waals surface area (Å²) in [5, 5.41) is 5.10. The zero-order valence-electron chi connectivity index (χ0n) is 12.9. The Hall–Kier alpha value is -2.53. The number of furan rings is 1. The van der Waals surface area contributed by atoms with E-state index in [-0.39, 0.29) is 5.91 Å². The molecule has 2 heterocycles. The molecule has 6 heteroatoms. The van der Waals surface area contributed by atoms with Crippen LogP contribution in [0.3, 0.4) is 0 Å². The van der Waals surface area contributed by atoms with Crippen LogP contribution >= 0.6 is 11.6 Å². The van der Waals surface area contributed by atoms with Gasteiger partial charge < -0.3 is 9.32 Å². The van der Waals surface area contributed by atoms with Crippen molar-refractivity contribution in [1.82, 2.24) is 14.7 Å². The van der Waals surface area contributed by atoms with Gasteiger partial charge in [0.1, 0.15) is 5.69 Å². The van der Waals surface area contributed by atoms with Crippen molar-refractivity contribution in [3.05, 3.63) is 59.4 Å². The number of halogens is 1. The van der Waals surface area contributed by atoms with Crippen LogP contribution in [-0.4, -0.2) is 34.2 Å². The second-order valence-electron chi connectivity index (χ2n) is 5.10. The summed E-state index contributed by atoms with van der Waals surface area (Å²) in [6.07, 6.45) is 1.59. The molecule has 0 unspecified atom stereocenters. The van der Waals surface area contributed by atoms with Crippen molar-refractivity contribution in [2.75, 3.05) is 13.6 Å². The Labute approximate surface area is 139 Å². The third-order valence-electron chi connectivity index (χ3n) is 3.59. The highest BCUT2D eigenvalue weighted by Gasteiger charge is 2.20. The van der Waals surface area contributed by atoms with Gasteiger partial charge in [0.05, 0.1) is 12.0 Å². The molecule has 0 bridgehead atoms. The SMILES string of the molecule is CCN(C)C(=O)c1cc(-c2ccco2)n(-c2ccc(Cl)cc2)n1. The van der Waals surface area contributed by atoms with Crippen molar-refractivity contribution in [2.45, 2.75) is 6.92 Å². The van der Waals surface area contributed by atoms with Crippen LogP contribution in [0.25, 0.3) is 17.1 Å². The quantitative estimate of drug-likeness (QED) is 0.730. The van der Waals surface area contributed by atoms with Gasteiger partial charge in [-0.25, -0.2) is 4.68 Å². The first kappa shape index (κ1) is 15.4. The van der Waals surface area contributed by atoms with Gasteiger partial charge in [-0.15, -0.1) is 0 Å². The average molecular weight is 330 g/mol. The lowest BCUT2D eigenvalue weighted by Gasteiger charge is -2.11. The van der Waals surface area contributed by atoms with Crippen LogP contribution in [0.4, 0.5) is 0 Å². The molecule has 2 aromatic heterocycles. The van der Waals surface area contributed by atoms with E-state index in [0.29, 0.717) is 28.7 Å². The summed E-state index contributed by atoms with van der Waals surface area (Å²) in [7, 11) is 1.75. The molecule has 1 amide bonds. The number of rotatable bonds is 4. The highest BCUT2D eigenvalue weighted by atomic mass is 35.5. The molecule has 5 nitrogen and oxygen atoms in total. The van der Waals surface area contributed by atoms with Gasteiger partial charge in [0.2, 0.25) is 0 Å². The molecule has 0 fully saturated rings. The first-order chi connectivity index (χ1) is 11.1. The monoisotopic (exact) mass is 329 g/mol. The Balaban J connectivity index is 2.11. The highest BCUT2D eigenvalue weighted by molar-refractivity contribution is 6.30. The maximum absolute atomic E-state index is 12.4. The lowest BCUT2D eigenvalue weighted by atomic mass is 10.2. The molecule has 0 radical (unpaired) electrons. The molecule has 0 aliphatic heterocycles. The fourth-order valence-electron chi connectivity index (χ4n) is 2.20. The van der Waals surface area contributed by atoms with E-state index < -0.39 is 0 Å². The van der Waals surface area contributed by atoms with Crippen LogP contribution in [0.15, 0.2) is 53.1 Å². The molecule has 0 saturated heterocycles. The smallest absolute Gasteiger partial charge is 0.274 e. The number of amides is 1. The molecule has 118 valence electrons. The van der Waals surface area contributed by atoms with E-state index in [1.165, 1.54) is 0 Å². The van der Waals surface area contributed by atoms with Crippen LogP contribution in [0.2, 0.25) is 5.02 Å². The topological polar surface area (TPSA) is 51.3 Å². The first-order valence-corrected chi connectivity index (χ1v) is 7.63. The van der Waals surface area contributed by atoms with E-state index in [0.717, 1.165) is 5.69 Å². The van der Waals surface area contributed by atoms with Gasteiger partial charge in [-0.05, 0) is 43.3 Å². The Morgan fingerprint density at radius 1 is 1.30 bits per heavy atom. The molecule has 0 atom stereocenters. The molecule has 3 rings (SSSR count). The maximum Gasteiger partial charge on any atom is 0.274 e. The number of hydrogen-bond acceptors (Lipinski definition) is 3. The van der Waals surface area contributed by atoms with E-state index >= 15 is 0 Å². The molecule has 3 aromatic rings. The fraction of sp³-hybridized carbons (Fsp3) is 0.176. The molecular formula is C17H16ClN3O2. The highest BCUT2D eigenvalue weighted by Crippen LogP contribution is 2.25. The summed E-state index contributed by atoms with van der Waals surface area (Å²) < 4.78 is 7.16. The van der Waals surface area contributed by atoms with E-state index in [9.17, 15) is 4.79 Å². The Bertz CT molecular complexity index is 807. The summed E-state index contributed by atoms with van der Waals surface area (Å²) in [5.41, 5.74) is 1.89. The van der Waals surface area contributed by atoms with E-state index in [2.05, 4.69) is 5.10 Å². The van der Waals surface area contributed by atoms with Crippen molar-refractivity contribution < 1.29 is 9.21 Å². The fourth-order valence-corrected chi connectivity index (χ4v) is 2.33. The summed E-state index contributed by atoms with van der Waals surface area (Å²) in [4.78, 5) is 14.0. The van der Waals surface area contributed by atoms with Gasteiger partial charge in [-0.1, -0.05) is 11.6 Å². The summed E-state index contributed by atoms with van der Waals surface area (Å²) in [5.74, 6) is 0.513. The number of benzene rings is 1. The summed E-state index contributed by atoms with van der Waals surface area (Å²) in [6.45, 7) is 2.53. The predicted octanol–water partition coefficient (Wildman–Crippen LogP) is 3.88. The molecule has 0 spiro atoms. The maximum atomic E-state index is 12.4. The van der Waals surface area contributed by atoms with Crippen LogP contribution in [-0.2, 0) is 0 Å². The van der Waals surface area contributed by atoms with E-state index in [1.807, 2.05) is 25.1 Å². The molecule has 0 aliphatic carbocycles. The standard InChI is InChI=1S/C17H16ClN3O2/c1-3-20(2)17(22)14-11-15(16-5-4-10-23-16)21(19-14)13-8-6-12(18)7-9-13/h4-11H,3H2,1-2H3. The van der Waals surface area contributed by atoms with E-state index in [1.54, 1.807) is 47.2 Å². The van der Waals surface area contributed by atoms with E-state index in [4.69, 9.17) is 16.0 Å². The van der Waals surface area contributed by atoms with Crippen LogP contribution in [0.5, 0.6) is 0 Å². The normalized spacial score (nSPS) is 10.7. The van der Waals surface area contributed by atoms with Crippen molar-refractivity contribution >= 4 is 17.5 Å². The second kappa shape index (κ2) is 6.30. The minimum atomic E-state index is -0.131. The molecule has 23 heavy (non-hydrogen) atoms. The Kier molecular flexibility index (Phi) is 4.21. The van der Waals surface area contributed by atoms with Gasteiger partial charge in [0.15, 0.2) is 11.5 Å². The zero-order valence-corrected chi connectivity index (χ0v) is 13.6. The van der Waals surface area contributed by atoms with Crippen LogP contribution < -0.4 is 0 Å². The number of hydrogen-bond donors (Lipinski definition) is 0. The van der Waals surface area contributed by atoms with Crippen molar-refractivity contribution in [3.8, 4) is 17.1 Å². The Morgan fingerprint density at radius 2 is 2.04 bits per heavy atom. The number of aromatic nitrogens is 2. The largest absolute Gasteiger partial charge is 0.463 e. The lowest BCUT2D eigenvalue weighted by Crippen LogP contribution is -2.26. The average Bonchev–Trinajstić information content (AvgIpc) is 3.23. The van der Waals surface area contributed by atoms with Gasteiger partial charge in [-0.2, -0.15) is 5.10 Å². The predicted molar refractivity (Wildman–Crippen MR) is 88.9 cm³/mol. The van der Waals surface area contributed by atoms with Gasteiger partial charge in [0.25, 0.3) is 5.91 Å². The summed E-state index contributed by atoms with van der Waals surface area (Å²) >= 11 is 5.95. The molecular weight excluding hydrogens is 314 g/mol. The van der Waals surface area contributed by atoms with Gasteiger partial charge >= 0.3 is 0 Å². The number of nitrogens with zero attached hydrogens (tertiary/aromatic N) is 3. The summed E-state index contributed by atoms with van der Waals surface area (Å²) in [6, 6.07) is 12.6. The molecule has 1 aromatic carbocycles. The Morgan fingerprint density at radius 3 is 2.65 bits per heavy atom. The number of carbonyl (C=O) groups excluding carboxylic acids is 1. The van der Waals surface area contributed by atoms with Crippen molar-refractivity contribution in [2.24, 2.45) is 0 Å². The van der Waals surface area contributed by atoms with Gasteiger partial charge in [0, 0.05) is 24.7 Å².